The van der Waals surface area contributed by atoms with Crippen LogP contribution in [0.4, 0.5) is 4.39 Å². The van der Waals surface area contributed by atoms with Gasteiger partial charge in [-0.2, -0.15) is 0 Å². The van der Waals surface area contributed by atoms with Gasteiger partial charge in [-0.3, -0.25) is 0 Å². The number of halogens is 1. The topological polar surface area (TPSA) is 58.2 Å². The molecule has 4 nitrogen and oxygen atoms in total. The Hall–Kier alpha value is -0.980. The smallest absolute Gasteiger partial charge is 0.212 e. The monoisotopic (exact) mass is 288 g/mol. The average Bonchev–Trinajstić information content (AvgIpc) is 2.32. The van der Waals surface area contributed by atoms with E-state index in [1.54, 1.807) is 19.9 Å². The molecule has 0 radical (unpaired) electrons. The first kappa shape index (κ1) is 16.1. The molecule has 0 bridgehead atoms. The summed E-state index contributed by atoms with van der Waals surface area (Å²) >= 11 is 0. The Bertz CT molecular complexity index is 517. The van der Waals surface area contributed by atoms with Crippen molar-refractivity contribution in [3.8, 4) is 0 Å². The highest BCUT2D eigenvalue weighted by molar-refractivity contribution is 7.89. The highest BCUT2D eigenvalue weighted by Gasteiger charge is 2.11. The van der Waals surface area contributed by atoms with E-state index in [1.165, 1.54) is 6.07 Å². The van der Waals surface area contributed by atoms with Gasteiger partial charge in [0.2, 0.25) is 10.0 Å². The lowest BCUT2D eigenvalue weighted by Crippen LogP contribution is -2.32. The number of benzene rings is 1. The molecule has 2 N–H and O–H groups in total. The minimum absolute atomic E-state index is 0.0134. The lowest BCUT2D eigenvalue weighted by atomic mass is 10.1. The molecular weight excluding hydrogens is 267 g/mol. The van der Waals surface area contributed by atoms with Crippen LogP contribution in [0.25, 0.3) is 0 Å². The van der Waals surface area contributed by atoms with Crippen LogP contribution in [0.5, 0.6) is 0 Å². The predicted molar refractivity (Wildman–Crippen MR) is 75.0 cm³/mol. The second kappa shape index (κ2) is 6.98. The number of rotatable bonds is 7. The van der Waals surface area contributed by atoms with Gasteiger partial charge in [0.25, 0.3) is 0 Å². The molecule has 19 heavy (non-hydrogen) atoms. The highest BCUT2D eigenvalue weighted by Crippen LogP contribution is 2.15. The number of hydrogen-bond acceptors (Lipinski definition) is 3. The summed E-state index contributed by atoms with van der Waals surface area (Å²) in [6, 6.07) is 4.95. The van der Waals surface area contributed by atoms with Gasteiger partial charge in [-0.05, 0) is 31.0 Å². The van der Waals surface area contributed by atoms with Crippen LogP contribution in [0.2, 0.25) is 0 Å². The van der Waals surface area contributed by atoms with Crippen LogP contribution in [0.3, 0.4) is 0 Å². The molecule has 0 amide bonds. The first-order chi connectivity index (χ1) is 8.85. The number of nitrogens with one attached hydrogen (secondary N) is 2. The molecular formula is C13H21FN2O2S. The second-order valence-corrected chi connectivity index (χ2v) is 6.43. The lowest BCUT2D eigenvalue weighted by molar-refractivity contribution is 0.559. The van der Waals surface area contributed by atoms with Crippen LogP contribution >= 0.6 is 0 Å². The summed E-state index contributed by atoms with van der Waals surface area (Å²) in [6.07, 6.45) is 0. The molecule has 0 heterocycles. The zero-order valence-electron chi connectivity index (χ0n) is 11.5. The maximum Gasteiger partial charge on any atom is 0.212 e. The fraction of sp³-hybridized carbons (Fsp3) is 0.538. The number of sulfonamides is 1. The molecule has 1 rings (SSSR count). The summed E-state index contributed by atoms with van der Waals surface area (Å²) in [7, 11) is -3.21. The van der Waals surface area contributed by atoms with Crippen molar-refractivity contribution in [1.29, 1.82) is 0 Å². The minimum Gasteiger partial charge on any atom is -0.309 e. The van der Waals surface area contributed by atoms with Gasteiger partial charge in [0.05, 0.1) is 5.75 Å². The Labute approximate surface area is 114 Å². The lowest BCUT2D eigenvalue weighted by Gasteiger charge is -2.15. The zero-order chi connectivity index (χ0) is 14.5. The molecule has 0 fully saturated rings. The molecule has 0 aromatic heterocycles. The first-order valence-corrected chi connectivity index (χ1v) is 7.97. The third-order valence-electron chi connectivity index (χ3n) is 2.88. The standard InChI is InChI=1S/C13H21FN2O2S/c1-4-16-19(17,18)8-7-15-11(3)12-6-5-10(2)13(14)9-12/h5-6,9,11,15-16H,4,7-8H2,1-3H3. The Morgan fingerprint density at radius 2 is 2.05 bits per heavy atom. The molecule has 0 aliphatic heterocycles. The van der Waals surface area contributed by atoms with E-state index in [9.17, 15) is 12.8 Å². The van der Waals surface area contributed by atoms with Crippen LogP contribution in [-0.4, -0.2) is 27.3 Å². The fourth-order valence-electron chi connectivity index (χ4n) is 1.70. The van der Waals surface area contributed by atoms with Crippen molar-refractivity contribution in [1.82, 2.24) is 10.0 Å². The van der Waals surface area contributed by atoms with Gasteiger partial charge < -0.3 is 5.32 Å². The molecule has 0 saturated heterocycles. The summed E-state index contributed by atoms with van der Waals surface area (Å²) in [5.74, 6) is -0.231. The van der Waals surface area contributed by atoms with Crippen molar-refractivity contribution in [2.24, 2.45) is 0 Å². The molecule has 1 aromatic rings. The van der Waals surface area contributed by atoms with E-state index >= 15 is 0 Å². The molecule has 0 aliphatic carbocycles. The van der Waals surface area contributed by atoms with E-state index in [4.69, 9.17) is 0 Å². The molecule has 1 unspecified atom stereocenters. The maximum atomic E-state index is 13.4. The highest BCUT2D eigenvalue weighted by atomic mass is 32.2. The summed E-state index contributed by atoms with van der Waals surface area (Å²) in [4.78, 5) is 0. The van der Waals surface area contributed by atoms with E-state index in [-0.39, 0.29) is 17.6 Å². The van der Waals surface area contributed by atoms with Crippen LogP contribution in [-0.2, 0) is 10.0 Å². The van der Waals surface area contributed by atoms with Crippen molar-refractivity contribution >= 4 is 10.0 Å². The van der Waals surface area contributed by atoms with Crippen molar-refractivity contribution < 1.29 is 12.8 Å². The largest absolute Gasteiger partial charge is 0.309 e. The van der Waals surface area contributed by atoms with Crippen LogP contribution in [0.1, 0.15) is 31.0 Å². The third-order valence-corrected chi connectivity index (χ3v) is 4.35. The van der Waals surface area contributed by atoms with Gasteiger partial charge in [0.1, 0.15) is 5.82 Å². The van der Waals surface area contributed by atoms with Gasteiger partial charge in [-0.25, -0.2) is 17.5 Å². The SMILES string of the molecule is CCNS(=O)(=O)CCNC(C)c1ccc(C)c(F)c1. The molecule has 0 saturated carbocycles. The zero-order valence-corrected chi connectivity index (χ0v) is 12.3. The Morgan fingerprint density at radius 3 is 2.63 bits per heavy atom. The summed E-state index contributed by atoms with van der Waals surface area (Å²) in [5.41, 5.74) is 1.41. The molecule has 6 heteroatoms. The van der Waals surface area contributed by atoms with Crippen LogP contribution in [0, 0.1) is 12.7 Å². The number of aryl methyl sites for hydroxylation is 1. The van der Waals surface area contributed by atoms with Gasteiger partial charge >= 0.3 is 0 Å². The Morgan fingerprint density at radius 1 is 1.37 bits per heavy atom. The first-order valence-electron chi connectivity index (χ1n) is 6.32. The summed E-state index contributed by atoms with van der Waals surface area (Å²) in [5, 5.41) is 3.07. The summed E-state index contributed by atoms with van der Waals surface area (Å²) < 4.78 is 38.7. The van der Waals surface area contributed by atoms with Crippen LogP contribution < -0.4 is 10.0 Å². The molecule has 0 spiro atoms. The Kier molecular flexibility index (Phi) is 5.90. The third kappa shape index (κ3) is 5.26. The van der Waals surface area contributed by atoms with Crippen molar-refractivity contribution in [3.05, 3.63) is 35.1 Å². The predicted octanol–water partition coefficient (Wildman–Crippen LogP) is 1.72. The molecule has 108 valence electrons. The van der Waals surface area contributed by atoms with Crippen LogP contribution in [0.15, 0.2) is 18.2 Å². The molecule has 0 aliphatic rings. The van der Waals surface area contributed by atoms with Crippen molar-refractivity contribution in [3.63, 3.8) is 0 Å². The second-order valence-electron chi connectivity index (χ2n) is 4.50. The Balaban J connectivity index is 2.51. The van der Waals surface area contributed by atoms with E-state index < -0.39 is 10.0 Å². The molecule has 1 aromatic carbocycles. The van der Waals surface area contributed by atoms with Gasteiger partial charge in [0, 0.05) is 19.1 Å². The molecule has 1 atom stereocenters. The van der Waals surface area contributed by atoms with E-state index in [1.807, 2.05) is 13.0 Å². The van der Waals surface area contributed by atoms with Gasteiger partial charge in [-0.15, -0.1) is 0 Å². The summed E-state index contributed by atoms with van der Waals surface area (Å²) in [6.45, 7) is 6.04. The average molecular weight is 288 g/mol. The van der Waals surface area contributed by atoms with Gasteiger partial charge in [0.15, 0.2) is 0 Å². The quantitative estimate of drug-likeness (QED) is 0.803. The van der Waals surface area contributed by atoms with Crippen molar-refractivity contribution in [2.75, 3.05) is 18.8 Å². The minimum atomic E-state index is -3.21. The number of hydrogen-bond donors (Lipinski definition) is 2. The van der Waals surface area contributed by atoms with Gasteiger partial charge in [-0.1, -0.05) is 19.1 Å². The fourth-order valence-corrected chi connectivity index (χ4v) is 2.67. The van der Waals surface area contributed by atoms with E-state index in [0.29, 0.717) is 18.7 Å². The normalized spacial score (nSPS) is 13.5. The van der Waals surface area contributed by atoms with Crippen molar-refractivity contribution in [2.45, 2.75) is 26.8 Å². The maximum absolute atomic E-state index is 13.4. The van der Waals surface area contributed by atoms with E-state index in [0.717, 1.165) is 5.56 Å². The van der Waals surface area contributed by atoms with E-state index in [2.05, 4.69) is 10.0 Å².